The summed E-state index contributed by atoms with van der Waals surface area (Å²) in [6, 6.07) is 11.1. The number of anilines is 1. The number of nitrogen functional groups attached to an aromatic ring is 1. The van der Waals surface area contributed by atoms with Gasteiger partial charge in [0.05, 0.1) is 11.9 Å². The predicted octanol–water partition coefficient (Wildman–Crippen LogP) is 3.79. The van der Waals surface area contributed by atoms with Crippen molar-refractivity contribution >= 4 is 17.8 Å². The van der Waals surface area contributed by atoms with Crippen LogP contribution in [-0.2, 0) is 4.74 Å². The number of aryl methyl sites for hydroxylation is 1. The zero-order valence-electron chi connectivity index (χ0n) is 20.5. The average molecular weight is 475 g/mol. The third-order valence-electron chi connectivity index (χ3n) is 5.63. The maximum atomic E-state index is 13.0. The number of piperazine rings is 1. The highest BCUT2D eigenvalue weighted by atomic mass is 16.6. The number of benzene rings is 1. The van der Waals surface area contributed by atoms with Crippen LogP contribution in [0.2, 0.25) is 0 Å². The average Bonchev–Trinajstić information content (AvgIpc) is 2.84. The van der Waals surface area contributed by atoms with E-state index in [0.29, 0.717) is 48.9 Å². The number of nitrogens with two attached hydrogens (primary N) is 1. The number of hydrogen-bond donors (Lipinski definition) is 1. The van der Waals surface area contributed by atoms with Crippen molar-refractivity contribution in [3.8, 4) is 22.5 Å². The summed E-state index contributed by atoms with van der Waals surface area (Å²) >= 11 is 0. The molecule has 9 heteroatoms. The van der Waals surface area contributed by atoms with Crippen LogP contribution in [-0.4, -0.2) is 68.5 Å². The molecule has 1 aromatic carbocycles. The van der Waals surface area contributed by atoms with E-state index in [4.69, 9.17) is 10.5 Å². The third kappa shape index (κ3) is 5.74. The topological polar surface area (TPSA) is 115 Å². The minimum Gasteiger partial charge on any atom is -0.444 e. The summed E-state index contributed by atoms with van der Waals surface area (Å²) in [5.41, 5.74) is 9.83. The van der Waals surface area contributed by atoms with E-state index in [9.17, 15) is 9.59 Å². The van der Waals surface area contributed by atoms with Crippen molar-refractivity contribution in [2.75, 3.05) is 31.9 Å². The number of pyridine rings is 1. The Hall–Kier alpha value is -4.01. The van der Waals surface area contributed by atoms with E-state index in [1.807, 2.05) is 52.0 Å². The Morgan fingerprint density at radius 3 is 2.11 bits per heavy atom. The molecule has 2 aromatic heterocycles. The first-order valence-corrected chi connectivity index (χ1v) is 11.5. The van der Waals surface area contributed by atoms with Gasteiger partial charge in [0.25, 0.3) is 5.91 Å². The zero-order valence-corrected chi connectivity index (χ0v) is 20.5. The molecule has 0 radical (unpaired) electrons. The minimum atomic E-state index is -0.543. The van der Waals surface area contributed by atoms with Crippen molar-refractivity contribution in [2.45, 2.75) is 33.3 Å². The van der Waals surface area contributed by atoms with Crippen molar-refractivity contribution in [1.29, 1.82) is 0 Å². The molecule has 0 spiro atoms. The standard InChI is InChI=1S/C26H30N6O3/c1-17-5-6-20(15-28-17)22-23(27)29-16-21(30-22)18-7-9-19(10-8-18)24(33)31-11-13-32(14-12-31)25(34)35-26(2,3)4/h5-10,15-16H,11-14H2,1-4H3,(H2,27,29). The number of rotatable bonds is 3. The van der Waals surface area contributed by atoms with Gasteiger partial charge in [-0.3, -0.25) is 9.78 Å². The first-order chi connectivity index (χ1) is 16.6. The molecular weight excluding hydrogens is 444 g/mol. The number of nitrogens with zero attached hydrogens (tertiary/aromatic N) is 5. The third-order valence-corrected chi connectivity index (χ3v) is 5.63. The largest absolute Gasteiger partial charge is 0.444 e. The molecule has 3 aromatic rings. The monoisotopic (exact) mass is 474 g/mol. The highest BCUT2D eigenvalue weighted by Gasteiger charge is 2.28. The van der Waals surface area contributed by atoms with E-state index in [1.165, 1.54) is 0 Å². The molecular formula is C26H30N6O3. The SMILES string of the molecule is Cc1ccc(-c2nc(-c3ccc(C(=O)N4CCN(C(=O)OC(C)(C)C)CC4)cc3)cnc2N)cn1. The molecule has 2 N–H and O–H groups in total. The molecule has 1 aliphatic rings. The van der Waals surface area contributed by atoms with E-state index in [-0.39, 0.29) is 12.0 Å². The van der Waals surface area contributed by atoms with Gasteiger partial charge in [-0.15, -0.1) is 0 Å². The molecule has 0 saturated carbocycles. The van der Waals surface area contributed by atoms with E-state index < -0.39 is 5.60 Å². The molecule has 3 heterocycles. The van der Waals surface area contributed by atoms with Crippen molar-refractivity contribution in [1.82, 2.24) is 24.8 Å². The van der Waals surface area contributed by atoms with Crippen LogP contribution in [0.4, 0.5) is 10.6 Å². The van der Waals surface area contributed by atoms with Crippen molar-refractivity contribution < 1.29 is 14.3 Å². The Labute approximate surface area is 205 Å². The number of carbonyl (C=O) groups excluding carboxylic acids is 2. The Morgan fingerprint density at radius 2 is 1.51 bits per heavy atom. The molecule has 1 aliphatic heterocycles. The van der Waals surface area contributed by atoms with Crippen LogP contribution in [0.3, 0.4) is 0 Å². The van der Waals surface area contributed by atoms with Crippen molar-refractivity contribution in [2.24, 2.45) is 0 Å². The zero-order chi connectivity index (χ0) is 25.2. The Bertz CT molecular complexity index is 1210. The first kappa shape index (κ1) is 24.1. The van der Waals surface area contributed by atoms with E-state index in [0.717, 1.165) is 16.8 Å². The van der Waals surface area contributed by atoms with Gasteiger partial charge in [-0.25, -0.2) is 14.8 Å². The predicted molar refractivity (Wildman–Crippen MR) is 134 cm³/mol. The van der Waals surface area contributed by atoms with Gasteiger partial charge < -0.3 is 20.3 Å². The van der Waals surface area contributed by atoms with E-state index in [2.05, 4.69) is 15.0 Å². The number of ether oxygens (including phenoxy) is 1. The summed E-state index contributed by atoms with van der Waals surface area (Å²) in [6.07, 6.45) is 3.00. The number of carbonyl (C=O) groups is 2. The molecule has 0 aliphatic carbocycles. The fourth-order valence-corrected chi connectivity index (χ4v) is 3.74. The second-order valence-corrected chi connectivity index (χ2v) is 9.51. The van der Waals surface area contributed by atoms with Gasteiger partial charge >= 0.3 is 6.09 Å². The van der Waals surface area contributed by atoms with Crippen LogP contribution in [0.25, 0.3) is 22.5 Å². The van der Waals surface area contributed by atoms with Gasteiger partial charge in [-0.1, -0.05) is 12.1 Å². The molecule has 4 rings (SSSR count). The summed E-state index contributed by atoms with van der Waals surface area (Å²) in [7, 11) is 0. The highest BCUT2D eigenvalue weighted by Crippen LogP contribution is 2.26. The summed E-state index contributed by atoms with van der Waals surface area (Å²) in [5.74, 6) is 0.256. The quantitative estimate of drug-likeness (QED) is 0.614. The second kappa shape index (κ2) is 9.69. The number of aromatic nitrogens is 3. The highest BCUT2D eigenvalue weighted by molar-refractivity contribution is 5.95. The van der Waals surface area contributed by atoms with Crippen LogP contribution < -0.4 is 5.73 Å². The molecule has 1 saturated heterocycles. The molecule has 1 fully saturated rings. The normalized spacial score (nSPS) is 14.1. The number of hydrogen-bond acceptors (Lipinski definition) is 7. The lowest BCUT2D eigenvalue weighted by Gasteiger charge is -2.35. The summed E-state index contributed by atoms with van der Waals surface area (Å²) in [6.45, 7) is 9.22. The fourth-order valence-electron chi connectivity index (χ4n) is 3.74. The molecule has 0 bridgehead atoms. The fraction of sp³-hybridized carbons (Fsp3) is 0.346. The molecule has 2 amide bonds. The van der Waals surface area contributed by atoms with Crippen LogP contribution in [0.15, 0.2) is 48.8 Å². The van der Waals surface area contributed by atoms with Crippen molar-refractivity contribution in [3.63, 3.8) is 0 Å². The van der Waals surface area contributed by atoms with Crippen LogP contribution in [0.1, 0.15) is 36.8 Å². The molecule has 9 nitrogen and oxygen atoms in total. The minimum absolute atomic E-state index is 0.0739. The van der Waals surface area contributed by atoms with Crippen LogP contribution in [0, 0.1) is 6.92 Å². The lowest BCUT2D eigenvalue weighted by molar-refractivity contribution is 0.0141. The van der Waals surface area contributed by atoms with Crippen LogP contribution >= 0.6 is 0 Å². The maximum Gasteiger partial charge on any atom is 0.410 e. The lowest BCUT2D eigenvalue weighted by Crippen LogP contribution is -2.51. The number of amides is 2. The first-order valence-electron chi connectivity index (χ1n) is 11.5. The van der Waals surface area contributed by atoms with Gasteiger partial charge in [0.1, 0.15) is 17.1 Å². The Balaban J connectivity index is 1.43. The van der Waals surface area contributed by atoms with Gasteiger partial charge in [0.2, 0.25) is 0 Å². The van der Waals surface area contributed by atoms with Crippen LogP contribution in [0.5, 0.6) is 0 Å². The van der Waals surface area contributed by atoms with E-state index in [1.54, 1.807) is 34.3 Å². The Morgan fingerprint density at radius 1 is 0.886 bits per heavy atom. The van der Waals surface area contributed by atoms with Gasteiger partial charge in [0.15, 0.2) is 0 Å². The maximum absolute atomic E-state index is 13.0. The summed E-state index contributed by atoms with van der Waals surface area (Å²) in [5, 5.41) is 0. The molecule has 0 atom stereocenters. The molecule has 35 heavy (non-hydrogen) atoms. The van der Waals surface area contributed by atoms with Gasteiger partial charge in [-0.05, 0) is 52.0 Å². The smallest absolute Gasteiger partial charge is 0.410 e. The van der Waals surface area contributed by atoms with Gasteiger partial charge in [0, 0.05) is 54.8 Å². The second-order valence-electron chi connectivity index (χ2n) is 9.51. The lowest BCUT2D eigenvalue weighted by atomic mass is 10.1. The molecule has 182 valence electrons. The van der Waals surface area contributed by atoms with E-state index >= 15 is 0 Å². The van der Waals surface area contributed by atoms with Crippen molar-refractivity contribution in [3.05, 3.63) is 60.0 Å². The van der Waals surface area contributed by atoms with Gasteiger partial charge in [-0.2, -0.15) is 0 Å². The Kier molecular flexibility index (Phi) is 6.68. The molecule has 0 unspecified atom stereocenters. The summed E-state index contributed by atoms with van der Waals surface area (Å²) in [4.78, 5) is 41.9. The summed E-state index contributed by atoms with van der Waals surface area (Å²) < 4.78 is 5.42.